The number of fused-ring (bicyclic) bond motifs is 1. The number of rotatable bonds is 5. The van der Waals surface area contributed by atoms with Gasteiger partial charge in [-0.15, -0.1) is 0 Å². The van der Waals surface area contributed by atoms with Gasteiger partial charge in [0, 0.05) is 18.3 Å². The molecule has 0 radical (unpaired) electrons. The highest BCUT2D eigenvalue weighted by molar-refractivity contribution is 5.92. The molecule has 1 atom stereocenters. The highest BCUT2D eigenvalue weighted by Gasteiger charge is 2.27. The molecule has 1 aliphatic carbocycles. The van der Waals surface area contributed by atoms with Crippen molar-refractivity contribution in [3.8, 4) is 0 Å². The average Bonchev–Trinajstić information content (AvgIpc) is 3.04. The number of hydrogen-bond donors (Lipinski definition) is 1. The van der Waals surface area contributed by atoms with Crippen LogP contribution in [0, 0.1) is 0 Å². The molecule has 2 aliphatic rings. The van der Waals surface area contributed by atoms with E-state index in [1.807, 2.05) is 6.07 Å². The van der Waals surface area contributed by atoms with E-state index in [1.54, 1.807) is 12.4 Å². The van der Waals surface area contributed by atoms with E-state index in [2.05, 4.69) is 51.4 Å². The first-order valence-corrected chi connectivity index (χ1v) is 9.87. The lowest BCUT2D eigenvalue weighted by molar-refractivity contribution is 0.0948. The van der Waals surface area contributed by atoms with E-state index in [-0.39, 0.29) is 5.91 Å². The SMILES string of the molecule is CC1Cc2ccccc2N1c1cnc(C(=O)NCCC2=CCCCC2)cn1. The van der Waals surface area contributed by atoms with Crippen molar-refractivity contribution in [1.29, 1.82) is 0 Å². The largest absolute Gasteiger partial charge is 0.350 e. The number of aromatic nitrogens is 2. The molecule has 2 aromatic rings. The van der Waals surface area contributed by atoms with Crippen molar-refractivity contribution in [2.75, 3.05) is 11.4 Å². The molecule has 140 valence electrons. The summed E-state index contributed by atoms with van der Waals surface area (Å²) in [5.41, 5.74) is 4.34. The first-order chi connectivity index (χ1) is 13.2. The van der Waals surface area contributed by atoms with Crippen molar-refractivity contribution in [1.82, 2.24) is 15.3 Å². The minimum absolute atomic E-state index is 0.152. The zero-order chi connectivity index (χ0) is 18.6. The summed E-state index contributed by atoms with van der Waals surface area (Å²) in [5.74, 6) is 0.636. The molecule has 0 bridgehead atoms. The van der Waals surface area contributed by atoms with Crippen molar-refractivity contribution in [2.45, 2.75) is 51.5 Å². The molecule has 1 amide bonds. The molecule has 0 fully saturated rings. The van der Waals surface area contributed by atoms with E-state index >= 15 is 0 Å². The molecule has 4 rings (SSSR count). The minimum Gasteiger partial charge on any atom is -0.350 e. The molecule has 0 saturated carbocycles. The van der Waals surface area contributed by atoms with Crippen molar-refractivity contribution in [3.63, 3.8) is 0 Å². The third-order valence-corrected chi connectivity index (χ3v) is 5.44. The molecule has 0 saturated heterocycles. The Labute approximate surface area is 160 Å². The van der Waals surface area contributed by atoms with Gasteiger partial charge in [-0.25, -0.2) is 9.97 Å². The summed E-state index contributed by atoms with van der Waals surface area (Å²) < 4.78 is 0. The van der Waals surface area contributed by atoms with Gasteiger partial charge in [0.25, 0.3) is 5.91 Å². The van der Waals surface area contributed by atoms with E-state index in [4.69, 9.17) is 0 Å². The Bertz CT molecular complexity index is 844. The number of carbonyl (C=O) groups is 1. The molecule has 5 heteroatoms. The second-order valence-electron chi connectivity index (χ2n) is 7.43. The van der Waals surface area contributed by atoms with Crippen LogP contribution < -0.4 is 10.2 Å². The van der Waals surface area contributed by atoms with Crippen LogP contribution in [0.2, 0.25) is 0 Å². The predicted octanol–water partition coefficient (Wildman–Crippen LogP) is 4.18. The van der Waals surface area contributed by atoms with Crippen LogP contribution in [0.25, 0.3) is 0 Å². The molecule has 5 nitrogen and oxygen atoms in total. The van der Waals surface area contributed by atoms with Crippen LogP contribution >= 0.6 is 0 Å². The number of nitrogens with zero attached hydrogens (tertiary/aromatic N) is 3. The summed E-state index contributed by atoms with van der Waals surface area (Å²) in [6.07, 6.45) is 12.4. The predicted molar refractivity (Wildman–Crippen MR) is 107 cm³/mol. The van der Waals surface area contributed by atoms with E-state index in [0.29, 0.717) is 18.3 Å². The van der Waals surface area contributed by atoms with Crippen LogP contribution in [0.5, 0.6) is 0 Å². The highest BCUT2D eigenvalue weighted by Crippen LogP contribution is 2.36. The summed E-state index contributed by atoms with van der Waals surface area (Å²) in [6.45, 7) is 2.84. The fourth-order valence-electron chi connectivity index (χ4n) is 4.04. The molecule has 1 unspecified atom stereocenters. The molecule has 2 heterocycles. The highest BCUT2D eigenvalue weighted by atomic mass is 16.1. The molecule has 27 heavy (non-hydrogen) atoms. The fourth-order valence-corrected chi connectivity index (χ4v) is 4.04. The maximum atomic E-state index is 12.3. The van der Waals surface area contributed by atoms with Crippen LogP contribution in [0.3, 0.4) is 0 Å². The molecular formula is C22H26N4O. The number of allylic oxidation sites excluding steroid dienone is 1. The quantitative estimate of drug-likeness (QED) is 0.811. The first-order valence-electron chi connectivity index (χ1n) is 9.87. The number of hydrogen-bond acceptors (Lipinski definition) is 4. The van der Waals surface area contributed by atoms with Gasteiger partial charge < -0.3 is 10.2 Å². The van der Waals surface area contributed by atoms with E-state index in [9.17, 15) is 4.79 Å². The van der Waals surface area contributed by atoms with Crippen molar-refractivity contribution < 1.29 is 4.79 Å². The van der Waals surface area contributed by atoms with Gasteiger partial charge in [0.05, 0.1) is 12.4 Å². The van der Waals surface area contributed by atoms with Crippen LogP contribution in [0.4, 0.5) is 11.5 Å². The van der Waals surface area contributed by atoms with Crippen LogP contribution in [-0.4, -0.2) is 28.5 Å². The zero-order valence-electron chi connectivity index (χ0n) is 15.8. The molecular weight excluding hydrogens is 336 g/mol. The Morgan fingerprint density at radius 1 is 1.22 bits per heavy atom. The lowest BCUT2D eigenvalue weighted by atomic mass is 9.97. The third-order valence-electron chi connectivity index (χ3n) is 5.44. The topological polar surface area (TPSA) is 58.1 Å². The lowest BCUT2D eigenvalue weighted by Crippen LogP contribution is -2.27. The van der Waals surface area contributed by atoms with Crippen molar-refractivity contribution >= 4 is 17.4 Å². The minimum atomic E-state index is -0.152. The number of anilines is 2. The van der Waals surface area contributed by atoms with Gasteiger partial charge in [0.1, 0.15) is 5.69 Å². The summed E-state index contributed by atoms with van der Waals surface area (Å²) in [5, 5.41) is 2.96. The van der Waals surface area contributed by atoms with Crippen LogP contribution in [-0.2, 0) is 6.42 Å². The molecule has 1 aliphatic heterocycles. The molecule has 1 aromatic heterocycles. The van der Waals surface area contributed by atoms with Gasteiger partial charge in [-0.05, 0) is 57.1 Å². The summed E-state index contributed by atoms with van der Waals surface area (Å²) in [6, 6.07) is 8.71. The third kappa shape index (κ3) is 3.87. The Morgan fingerprint density at radius 2 is 2.11 bits per heavy atom. The van der Waals surface area contributed by atoms with Gasteiger partial charge in [0.15, 0.2) is 5.82 Å². The van der Waals surface area contributed by atoms with E-state index < -0.39 is 0 Å². The fraction of sp³-hybridized carbons (Fsp3) is 0.409. The normalized spacial score (nSPS) is 18.8. The van der Waals surface area contributed by atoms with Gasteiger partial charge in [0.2, 0.25) is 0 Å². The number of benzene rings is 1. The smallest absolute Gasteiger partial charge is 0.271 e. The Balaban J connectivity index is 1.39. The Hall–Kier alpha value is -2.69. The summed E-state index contributed by atoms with van der Waals surface area (Å²) in [7, 11) is 0. The van der Waals surface area contributed by atoms with Crippen LogP contribution in [0.15, 0.2) is 48.3 Å². The monoisotopic (exact) mass is 362 g/mol. The molecule has 1 N–H and O–H groups in total. The number of carbonyl (C=O) groups excluding carboxylic acids is 1. The van der Waals surface area contributed by atoms with Gasteiger partial charge in [-0.1, -0.05) is 29.8 Å². The number of amides is 1. The number of nitrogens with one attached hydrogen (secondary N) is 1. The second kappa shape index (κ2) is 7.91. The molecule has 1 aromatic carbocycles. The van der Waals surface area contributed by atoms with E-state index in [1.165, 1.54) is 42.5 Å². The van der Waals surface area contributed by atoms with Crippen molar-refractivity contribution in [2.24, 2.45) is 0 Å². The van der Waals surface area contributed by atoms with Gasteiger partial charge in [-0.2, -0.15) is 0 Å². The first kappa shape index (κ1) is 17.7. The summed E-state index contributed by atoms with van der Waals surface area (Å²) in [4.78, 5) is 23.4. The maximum absolute atomic E-state index is 12.3. The second-order valence-corrected chi connectivity index (χ2v) is 7.43. The van der Waals surface area contributed by atoms with Gasteiger partial charge in [-0.3, -0.25) is 4.79 Å². The zero-order valence-corrected chi connectivity index (χ0v) is 15.8. The van der Waals surface area contributed by atoms with Crippen molar-refractivity contribution in [3.05, 3.63) is 59.6 Å². The Morgan fingerprint density at radius 3 is 2.89 bits per heavy atom. The standard InChI is InChI=1S/C22H26N4O/c1-16-13-18-9-5-6-10-20(18)26(16)21-15-24-19(14-25-21)22(27)23-12-11-17-7-3-2-4-8-17/h5-7,9-10,14-16H,2-4,8,11-13H2,1H3,(H,23,27). The van der Waals surface area contributed by atoms with E-state index in [0.717, 1.165) is 18.7 Å². The Kier molecular flexibility index (Phi) is 5.19. The number of para-hydroxylation sites is 1. The summed E-state index contributed by atoms with van der Waals surface area (Å²) >= 11 is 0. The van der Waals surface area contributed by atoms with Crippen LogP contribution in [0.1, 0.15) is 55.1 Å². The van der Waals surface area contributed by atoms with Gasteiger partial charge >= 0.3 is 0 Å². The average molecular weight is 362 g/mol. The lowest BCUT2D eigenvalue weighted by Gasteiger charge is -2.23. The maximum Gasteiger partial charge on any atom is 0.271 e. The molecule has 0 spiro atoms.